The first-order valence-corrected chi connectivity index (χ1v) is 8.54. The summed E-state index contributed by atoms with van der Waals surface area (Å²) in [5, 5.41) is 0. The van der Waals surface area contributed by atoms with Crippen molar-refractivity contribution >= 4 is 17.7 Å². The third kappa shape index (κ3) is 5.36. The van der Waals surface area contributed by atoms with Gasteiger partial charge in [-0.25, -0.2) is 9.18 Å². The Bertz CT molecular complexity index is 818. The van der Waals surface area contributed by atoms with Gasteiger partial charge >= 0.3 is 5.97 Å². The highest BCUT2D eigenvalue weighted by atomic mass is 32.2. The zero-order chi connectivity index (χ0) is 17.5. The molecule has 0 saturated heterocycles. The largest absolute Gasteiger partial charge is 0.482 e. The van der Waals surface area contributed by atoms with E-state index < -0.39 is 5.97 Å². The quantitative estimate of drug-likeness (QED) is 0.290. The lowest BCUT2D eigenvalue weighted by Gasteiger charge is -2.06. The molecule has 3 rings (SSSR count). The zero-order valence-corrected chi connectivity index (χ0v) is 14.2. The van der Waals surface area contributed by atoms with Gasteiger partial charge in [-0.15, -0.1) is 0 Å². The Kier molecular flexibility index (Phi) is 5.69. The number of thiol groups is 1. The molecule has 126 valence electrons. The Morgan fingerprint density at radius 3 is 2.08 bits per heavy atom. The molecule has 0 unspecified atom stereocenters. The maximum atomic E-state index is 12.8. The van der Waals surface area contributed by atoms with Crippen LogP contribution in [0.15, 0.2) is 88.7 Å². The van der Waals surface area contributed by atoms with Gasteiger partial charge in [-0.2, -0.15) is 0 Å². The molecular weight excluding hydrogens is 339 g/mol. The molecule has 0 aliphatic rings. The van der Waals surface area contributed by atoms with Crippen LogP contribution in [-0.4, -0.2) is 12.6 Å². The smallest absolute Gasteiger partial charge is 0.349 e. The number of carbonyl (C=O) groups excluding carboxylic acids is 1. The Labute approximate surface area is 149 Å². The molecule has 3 aromatic carbocycles. The molecule has 0 N–H and O–H groups in total. The molecule has 0 bridgehead atoms. The van der Waals surface area contributed by atoms with Crippen LogP contribution in [0.25, 0.3) is 0 Å². The standard InChI is InChI=1S/C20H15FO3S/c21-15-6-8-17(9-7-15)24-20(22)14-23-16-10-12-19(13-11-16)25-18-4-2-1-3-5-18/h1-13H,14H2/p+1. The summed E-state index contributed by atoms with van der Waals surface area (Å²) < 4.78 is 23.3. The Hall–Kier alpha value is -2.79. The first kappa shape index (κ1) is 17.0. The van der Waals surface area contributed by atoms with Crippen molar-refractivity contribution < 1.29 is 18.7 Å². The molecule has 0 aromatic heterocycles. The van der Waals surface area contributed by atoms with Crippen molar-refractivity contribution in [2.75, 3.05) is 6.61 Å². The second-order valence-electron chi connectivity index (χ2n) is 5.16. The second-order valence-corrected chi connectivity index (χ2v) is 6.41. The van der Waals surface area contributed by atoms with Gasteiger partial charge in [-0.3, -0.25) is 0 Å². The van der Waals surface area contributed by atoms with Gasteiger partial charge in [0.05, 0.1) is 0 Å². The number of hydrogen-bond acceptors (Lipinski definition) is 3. The molecule has 0 atom stereocenters. The predicted molar refractivity (Wildman–Crippen MR) is 95.7 cm³/mol. The summed E-state index contributed by atoms with van der Waals surface area (Å²) in [4.78, 5) is 14.1. The summed E-state index contributed by atoms with van der Waals surface area (Å²) in [6, 6.07) is 22.9. The van der Waals surface area contributed by atoms with E-state index in [4.69, 9.17) is 9.47 Å². The van der Waals surface area contributed by atoms with Crippen LogP contribution < -0.4 is 9.47 Å². The summed E-state index contributed by atoms with van der Waals surface area (Å²) >= 11 is 1.11. The lowest BCUT2D eigenvalue weighted by Crippen LogP contribution is -2.17. The van der Waals surface area contributed by atoms with Gasteiger partial charge in [0.2, 0.25) is 0 Å². The molecule has 5 heteroatoms. The van der Waals surface area contributed by atoms with Crippen molar-refractivity contribution in [1.82, 2.24) is 0 Å². The fourth-order valence-electron chi connectivity index (χ4n) is 2.07. The highest BCUT2D eigenvalue weighted by Crippen LogP contribution is 2.17. The SMILES string of the molecule is O=C(COc1ccc([SH+]c2ccccc2)cc1)Oc1ccc(F)cc1. The molecule has 0 fully saturated rings. The van der Waals surface area contributed by atoms with Gasteiger partial charge in [0.25, 0.3) is 0 Å². The molecule has 0 aliphatic heterocycles. The van der Waals surface area contributed by atoms with Crippen molar-refractivity contribution in [3.05, 3.63) is 84.7 Å². The molecule has 0 aliphatic carbocycles. The minimum atomic E-state index is -0.543. The van der Waals surface area contributed by atoms with Gasteiger partial charge in [0, 0.05) is 11.8 Å². The zero-order valence-electron chi connectivity index (χ0n) is 13.3. The van der Waals surface area contributed by atoms with E-state index in [0.717, 1.165) is 16.7 Å². The lowest BCUT2D eigenvalue weighted by atomic mass is 10.3. The monoisotopic (exact) mass is 355 g/mol. The topological polar surface area (TPSA) is 35.5 Å². The van der Waals surface area contributed by atoms with E-state index >= 15 is 0 Å². The van der Waals surface area contributed by atoms with Crippen LogP contribution in [0, 0.1) is 5.82 Å². The third-order valence-corrected chi connectivity index (χ3v) is 4.37. The average molecular weight is 355 g/mol. The van der Waals surface area contributed by atoms with Crippen molar-refractivity contribution in [1.29, 1.82) is 0 Å². The first-order valence-electron chi connectivity index (χ1n) is 7.65. The fourth-order valence-corrected chi connectivity index (χ4v) is 2.99. The van der Waals surface area contributed by atoms with E-state index in [-0.39, 0.29) is 18.2 Å². The minimum Gasteiger partial charge on any atom is -0.482 e. The third-order valence-electron chi connectivity index (χ3n) is 3.25. The minimum absolute atomic E-state index is 0.215. The first-order chi connectivity index (χ1) is 12.2. The molecule has 0 amide bonds. The van der Waals surface area contributed by atoms with Crippen molar-refractivity contribution in [3.8, 4) is 11.5 Å². The number of hydrogen-bond donors (Lipinski definition) is 0. The van der Waals surface area contributed by atoms with Crippen LogP contribution in [-0.2, 0) is 16.6 Å². The Morgan fingerprint density at radius 2 is 1.40 bits per heavy atom. The van der Waals surface area contributed by atoms with Crippen molar-refractivity contribution in [2.45, 2.75) is 9.79 Å². The summed E-state index contributed by atoms with van der Waals surface area (Å²) in [6.07, 6.45) is 0. The molecule has 0 saturated carbocycles. The molecular formula is C20H16FO3S+. The molecule has 3 nitrogen and oxygen atoms in total. The average Bonchev–Trinajstić information content (AvgIpc) is 2.64. The van der Waals surface area contributed by atoms with E-state index in [1.54, 1.807) is 0 Å². The van der Waals surface area contributed by atoms with E-state index in [0.29, 0.717) is 5.75 Å². The predicted octanol–water partition coefficient (Wildman–Crippen LogP) is 4.04. The maximum Gasteiger partial charge on any atom is 0.349 e. The summed E-state index contributed by atoms with van der Waals surface area (Å²) in [6.45, 7) is -0.215. The summed E-state index contributed by atoms with van der Waals surface area (Å²) in [5.41, 5.74) is 0. The second kappa shape index (κ2) is 8.35. The molecule has 0 heterocycles. The van der Waals surface area contributed by atoms with E-state index in [1.807, 2.05) is 42.5 Å². The highest BCUT2D eigenvalue weighted by Gasteiger charge is 2.09. The van der Waals surface area contributed by atoms with Crippen molar-refractivity contribution in [2.24, 2.45) is 0 Å². The van der Waals surface area contributed by atoms with E-state index in [1.165, 1.54) is 29.2 Å². The van der Waals surface area contributed by atoms with Gasteiger partial charge in [0.1, 0.15) is 17.3 Å². The van der Waals surface area contributed by atoms with Crippen molar-refractivity contribution in [3.63, 3.8) is 0 Å². The van der Waals surface area contributed by atoms with Crippen LogP contribution in [0.5, 0.6) is 11.5 Å². The number of esters is 1. The molecule has 0 radical (unpaired) electrons. The summed E-state index contributed by atoms with van der Waals surface area (Å²) in [5.74, 6) is -0.0564. The Balaban J connectivity index is 1.49. The summed E-state index contributed by atoms with van der Waals surface area (Å²) in [7, 11) is 0. The number of ether oxygens (including phenoxy) is 2. The lowest BCUT2D eigenvalue weighted by molar-refractivity contribution is -0.136. The van der Waals surface area contributed by atoms with Gasteiger partial charge < -0.3 is 9.47 Å². The molecule has 25 heavy (non-hydrogen) atoms. The van der Waals surface area contributed by atoms with Crippen LogP contribution in [0.3, 0.4) is 0 Å². The van der Waals surface area contributed by atoms with Crippen LogP contribution >= 0.6 is 0 Å². The number of rotatable bonds is 6. The van der Waals surface area contributed by atoms with Gasteiger partial charge in [-0.1, -0.05) is 18.2 Å². The van der Waals surface area contributed by atoms with E-state index in [9.17, 15) is 9.18 Å². The highest BCUT2D eigenvalue weighted by molar-refractivity contribution is 7.78. The normalized spacial score (nSPS) is 10.3. The number of halogens is 1. The van der Waals surface area contributed by atoms with Gasteiger partial charge in [0.15, 0.2) is 16.4 Å². The Morgan fingerprint density at radius 1 is 0.800 bits per heavy atom. The molecule has 3 aromatic rings. The fraction of sp³-hybridized carbons (Fsp3) is 0.0500. The van der Waals surface area contributed by atoms with Gasteiger partial charge in [-0.05, 0) is 60.7 Å². The number of carbonyl (C=O) groups is 1. The van der Waals surface area contributed by atoms with Crippen LogP contribution in [0.4, 0.5) is 4.39 Å². The van der Waals surface area contributed by atoms with E-state index in [2.05, 4.69) is 12.1 Å². The molecule has 0 spiro atoms. The maximum absolute atomic E-state index is 12.8. The van der Waals surface area contributed by atoms with Crippen LogP contribution in [0.1, 0.15) is 0 Å². The van der Waals surface area contributed by atoms with Crippen LogP contribution in [0.2, 0.25) is 0 Å². The number of benzene rings is 3.